The topological polar surface area (TPSA) is 81.9 Å². The van der Waals surface area contributed by atoms with E-state index >= 15 is 0 Å². The first-order valence-corrected chi connectivity index (χ1v) is 6.81. The van der Waals surface area contributed by atoms with Gasteiger partial charge in [0.1, 0.15) is 11.3 Å². The minimum Gasteiger partial charge on any atom is -0.483 e. The number of ether oxygens (including phenoxy) is 2. The van der Waals surface area contributed by atoms with Crippen molar-refractivity contribution in [2.75, 3.05) is 26.0 Å². The van der Waals surface area contributed by atoms with E-state index in [9.17, 15) is 9.59 Å². The summed E-state index contributed by atoms with van der Waals surface area (Å²) in [7, 11) is 1.70. The van der Waals surface area contributed by atoms with Gasteiger partial charge in [-0.2, -0.15) is 0 Å². The van der Waals surface area contributed by atoms with Crippen LogP contribution in [0, 0.1) is 0 Å². The first-order valence-electron chi connectivity index (χ1n) is 6.81. The molecule has 0 spiro atoms. The number of hydrogen-bond donors (Lipinski definition) is 1. The summed E-state index contributed by atoms with van der Waals surface area (Å²) in [6, 6.07) is 4.70. The standard InChI is InChI=1S/C15H22N2O4/c1-5-20-15(19)12-7-6-11(16)8-13(12)21-9-14(18)17(4)10(2)3/h6-8,10H,5,9,16H2,1-4H3. The molecule has 0 saturated heterocycles. The zero-order chi connectivity index (χ0) is 16.0. The predicted octanol–water partition coefficient (Wildman–Crippen LogP) is 1.69. The average Bonchev–Trinajstić information content (AvgIpc) is 2.44. The Morgan fingerprint density at radius 2 is 2.00 bits per heavy atom. The van der Waals surface area contributed by atoms with Gasteiger partial charge in [0, 0.05) is 24.8 Å². The number of likely N-dealkylation sites (N-methyl/N-ethyl adjacent to an activating group) is 1. The van der Waals surface area contributed by atoms with Crippen molar-refractivity contribution < 1.29 is 19.1 Å². The van der Waals surface area contributed by atoms with Gasteiger partial charge < -0.3 is 20.1 Å². The van der Waals surface area contributed by atoms with Gasteiger partial charge in [-0.25, -0.2) is 4.79 Å². The van der Waals surface area contributed by atoms with E-state index in [1.165, 1.54) is 12.1 Å². The van der Waals surface area contributed by atoms with Crippen LogP contribution in [0.15, 0.2) is 18.2 Å². The number of nitrogens with zero attached hydrogens (tertiary/aromatic N) is 1. The smallest absolute Gasteiger partial charge is 0.341 e. The highest BCUT2D eigenvalue weighted by Gasteiger charge is 2.17. The van der Waals surface area contributed by atoms with Crippen LogP contribution in [-0.2, 0) is 9.53 Å². The van der Waals surface area contributed by atoms with Crippen LogP contribution in [0.4, 0.5) is 5.69 Å². The molecule has 0 atom stereocenters. The second-order valence-corrected chi connectivity index (χ2v) is 4.86. The molecule has 116 valence electrons. The zero-order valence-corrected chi connectivity index (χ0v) is 12.9. The van der Waals surface area contributed by atoms with Crippen LogP contribution in [0.1, 0.15) is 31.1 Å². The molecule has 0 bridgehead atoms. The molecule has 1 aromatic rings. The Hall–Kier alpha value is -2.24. The second kappa shape index (κ2) is 7.52. The van der Waals surface area contributed by atoms with Gasteiger partial charge in [0.25, 0.3) is 5.91 Å². The molecule has 0 fully saturated rings. The molecule has 2 N–H and O–H groups in total. The fourth-order valence-corrected chi connectivity index (χ4v) is 1.57. The summed E-state index contributed by atoms with van der Waals surface area (Å²) >= 11 is 0. The van der Waals surface area contributed by atoms with Crippen molar-refractivity contribution in [3.8, 4) is 5.75 Å². The zero-order valence-electron chi connectivity index (χ0n) is 12.9. The van der Waals surface area contributed by atoms with E-state index in [0.717, 1.165) is 0 Å². The largest absolute Gasteiger partial charge is 0.483 e. The summed E-state index contributed by atoms with van der Waals surface area (Å²) in [6.07, 6.45) is 0. The lowest BCUT2D eigenvalue weighted by Crippen LogP contribution is -2.36. The van der Waals surface area contributed by atoms with Gasteiger partial charge in [-0.3, -0.25) is 4.79 Å². The summed E-state index contributed by atoms with van der Waals surface area (Å²) in [5.41, 5.74) is 6.39. The molecule has 0 unspecified atom stereocenters. The van der Waals surface area contributed by atoms with E-state index in [2.05, 4.69) is 0 Å². The van der Waals surface area contributed by atoms with Gasteiger partial charge in [0.2, 0.25) is 0 Å². The van der Waals surface area contributed by atoms with Crippen LogP contribution in [0.25, 0.3) is 0 Å². The highest BCUT2D eigenvalue weighted by Crippen LogP contribution is 2.23. The Kier molecular flexibility index (Phi) is 6.02. The molecule has 6 heteroatoms. The van der Waals surface area contributed by atoms with Gasteiger partial charge in [0.05, 0.1) is 6.61 Å². The Bertz CT molecular complexity index is 514. The normalized spacial score (nSPS) is 10.3. The number of esters is 1. The van der Waals surface area contributed by atoms with Crippen LogP contribution in [0.3, 0.4) is 0 Å². The molecule has 1 rings (SSSR count). The Labute approximate surface area is 124 Å². The monoisotopic (exact) mass is 294 g/mol. The Morgan fingerprint density at radius 3 is 2.57 bits per heavy atom. The Balaban J connectivity index is 2.84. The number of anilines is 1. The van der Waals surface area contributed by atoms with Crippen LogP contribution in [0.2, 0.25) is 0 Å². The van der Waals surface area contributed by atoms with Gasteiger partial charge >= 0.3 is 5.97 Å². The number of carbonyl (C=O) groups is 2. The quantitative estimate of drug-likeness (QED) is 0.638. The van der Waals surface area contributed by atoms with Crippen molar-refractivity contribution in [3.05, 3.63) is 23.8 Å². The number of nitrogen functional groups attached to an aromatic ring is 1. The van der Waals surface area contributed by atoms with Crippen molar-refractivity contribution in [1.29, 1.82) is 0 Å². The van der Waals surface area contributed by atoms with Crippen LogP contribution < -0.4 is 10.5 Å². The van der Waals surface area contributed by atoms with E-state index < -0.39 is 5.97 Å². The molecular formula is C15H22N2O4. The average molecular weight is 294 g/mol. The van der Waals surface area contributed by atoms with Crippen molar-refractivity contribution in [2.45, 2.75) is 26.8 Å². The van der Waals surface area contributed by atoms with E-state index in [4.69, 9.17) is 15.2 Å². The third kappa shape index (κ3) is 4.66. The summed E-state index contributed by atoms with van der Waals surface area (Å²) in [5.74, 6) is -0.432. The van der Waals surface area contributed by atoms with Crippen molar-refractivity contribution in [2.24, 2.45) is 0 Å². The highest BCUT2D eigenvalue weighted by molar-refractivity contribution is 5.93. The molecular weight excluding hydrogens is 272 g/mol. The molecule has 21 heavy (non-hydrogen) atoms. The van der Waals surface area contributed by atoms with Crippen LogP contribution in [0.5, 0.6) is 5.75 Å². The molecule has 0 radical (unpaired) electrons. The van der Waals surface area contributed by atoms with E-state index in [1.54, 1.807) is 24.9 Å². The number of carbonyl (C=O) groups excluding carboxylic acids is 2. The summed E-state index contributed by atoms with van der Waals surface area (Å²) < 4.78 is 10.4. The lowest BCUT2D eigenvalue weighted by molar-refractivity contribution is -0.133. The minimum atomic E-state index is -0.503. The van der Waals surface area contributed by atoms with Gasteiger partial charge in [-0.05, 0) is 32.9 Å². The van der Waals surface area contributed by atoms with E-state index in [0.29, 0.717) is 5.69 Å². The van der Waals surface area contributed by atoms with Gasteiger partial charge in [-0.15, -0.1) is 0 Å². The number of hydrogen-bond acceptors (Lipinski definition) is 5. The lowest BCUT2D eigenvalue weighted by Gasteiger charge is -2.21. The maximum atomic E-state index is 11.9. The molecule has 0 saturated carbocycles. The molecule has 0 heterocycles. The maximum Gasteiger partial charge on any atom is 0.341 e. The van der Waals surface area contributed by atoms with Gasteiger partial charge in [-0.1, -0.05) is 0 Å². The van der Waals surface area contributed by atoms with Crippen molar-refractivity contribution >= 4 is 17.6 Å². The number of benzene rings is 1. The molecule has 0 aliphatic rings. The first kappa shape index (κ1) is 16.8. The fourth-order valence-electron chi connectivity index (χ4n) is 1.57. The summed E-state index contributed by atoms with van der Waals surface area (Å²) in [5, 5.41) is 0. The predicted molar refractivity (Wildman–Crippen MR) is 80.2 cm³/mol. The molecule has 0 aliphatic carbocycles. The Morgan fingerprint density at radius 1 is 1.33 bits per heavy atom. The third-order valence-electron chi connectivity index (χ3n) is 3.02. The van der Waals surface area contributed by atoms with Crippen LogP contribution >= 0.6 is 0 Å². The molecule has 0 aromatic heterocycles. The molecule has 1 aromatic carbocycles. The SMILES string of the molecule is CCOC(=O)c1ccc(N)cc1OCC(=O)N(C)C(C)C. The highest BCUT2D eigenvalue weighted by atomic mass is 16.5. The molecule has 1 amide bonds. The number of rotatable bonds is 6. The van der Waals surface area contributed by atoms with Crippen LogP contribution in [-0.4, -0.2) is 43.1 Å². The van der Waals surface area contributed by atoms with E-state index in [-0.39, 0.29) is 36.5 Å². The molecule has 0 aliphatic heterocycles. The minimum absolute atomic E-state index is 0.0754. The van der Waals surface area contributed by atoms with Crippen molar-refractivity contribution in [1.82, 2.24) is 4.90 Å². The fraction of sp³-hybridized carbons (Fsp3) is 0.467. The summed E-state index contributed by atoms with van der Waals surface area (Å²) in [4.78, 5) is 25.3. The second-order valence-electron chi connectivity index (χ2n) is 4.86. The summed E-state index contributed by atoms with van der Waals surface area (Å²) in [6.45, 7) is 5.63. The lowest BCUT2D eigenvalue weighted by atomic mass is 10.2. The van der Waals surface area contributed by atoms with Gasteiger partial charge in [0.15, 0.2) is 6.61 Å². The van der Waals surface area contributed by atoms with Crippen molar-refractivity contribution in [3.63, 3.8) is 0 Å². The first-order chi connectivity index (χ1) is 9.86. The molecule has 6 nitrogen and oxygen atoms in total. The van der Waals surface area contributed by atoms with E-state index in [1.807, 2.05) is 13.8 Å². The number of nitrogens with two attached hydrogens (primary N) is 1. The maximum absolute atomic E-state index is 11.9. The third-order valence-corrected chi connectivity index (χ3v) is 3.02. The number of amides is 1.